The second-order valence-corrected chi connectivity index (χ2v) is 8.12. The zero-order chi connectivity index (χ0) is 18.0. The van der Waals surface area contributed by atoms with E-state index in [2.05, 4.69) is 6.92 Å². The highest BCUT2D eigenvalue weighted by Gasteiger charge is 2.35. The normalized spacial score (nSPS) is 21.6. The maximum Gasteiger partial charge on any atom is 0.131 e. The van der Waals surface area contributed by atoms with Gasteiger partial charge in [-0.3, -0.25) is 0 Å². The van der Waals surface area contributed by atoms with Crippen molar-refractivity contribution < 1.29 is 13.7 Å². The quantitative estimate of drug-likeness (QED) is 0.767. The summed E-state index contributed by atoms with van der Waals surface area (Å²) in [6.07, 6.45) is 1.55. The first-order chi connectivity index (χ1) is 11.9. The van der Waals surface area contributed by atoms with Crippen LogP contribution in [-0.2, 0) is 21.1 Å². The highest BCUT2D eigenvalue weighted by Crippen LogP contribution is 2.41. The molecule has 0 bridgehead atoms. The van der Waals surface area contributed by atoms with Gasteiger partial charge in [-0.05, 0) is 63.4 Å². The molecule has 0 fully saturated rings. The zero-order valence-corrected chi connectivity index (χ0v) is 16.0. The molecule has 0 amide bonds. The summed E-state index contributed by atoms with van der Waals surface area (Å²) in [7, 11) is 0.492. The molecule has 0 saturated heterocycles. The monoisotopic (exact) mass is 356 g/mol. The average Bonchev–Trinajstić information content (AvgIpc) is 2.62. The molecule has 3 rings (SSSR count). The minimum Gasteiger partial charge on any atom is -0.497 e. The molecule has 132 valence electrons. The fourth-order valence-corrected chi connectivity index (χ4v) is 4.41. The Labute approximate surface area is 152 Å². The third kappa shape index (κ3) is 3.64. The highest BCUT2D eigenvalue weighted by molar-refractivity contribution is 7.89. The molecule has 0 aliphatic carbocycles. The van der Waals surface area contributed by atoms with Crippen LogP contribution >= 0.6 is 0 Å². The maximum atomic E-state index is 12.9. The average molecular weight is 356 g/mol. The van der Waals surface area contributed by atoms with Gasteiger partial charge >= 0.3 is 0 Å². The molecule has 2 aromatic rings. The Balaban J connectivity index is 1.84. The number of methoxy groups -OCH3 is 1. The predicted octanol–water partition coefficient (Wildman–Crippen LogP) is 5.07. The van der Waals surface area contributed by atoms with Gasteiger partial charge in [0.2, 0.25) is 0 Å². The summed E-state index contributed by atoms with van der Waals surface area (Å²) in [4.78, 5) is 1.71. The Bertz CT molecular complexity index is 806. The zero-order valence-electron chi connectivity index (χ0n) is 15.2. The van der Waals surface area contributed by atoms with Crippen LogP contribution in [0.25, 0.3) is 0 Å². The second kappa shape index (κ2) is 7.04. The highest BCUT2D eigenvalue weighted by atomic mass is 32.2. The SMILES string of the molecule is COc1ccc([C@]2(C)CCC(S(=O)c3ccc(C)cc3)=C(C)O2)cc1. The standard InChI is InChI=1S/C21H24O3S/c1-15-5-11-19(12-6-15)25(22)20-13-14-21(3,24-16(20)2)17-7-9-18(23-4)10-8-17/h5-12H,13-14H2,1-4H3/t21-,25?/m0/s1. The molecule has 0 saturated carbocycles. The summed E-state index contributed by atoms with van der Waals surface area (Å²) in [5.41, 5.74) is 1.86. The molecule has 0 spiro atoms. The minimum atomic E-state index is -1.17. The number of allylic oxidation sites excluding steroid dienone is 2. The first-order valence-corrected chi connectivity index (χ1v) is 9.60. The first-order valence-electron chi connectivity index (χ1n) is 8.45. The third-order valence-corrected chi connectivity index (χ3v) is 6.40. The largest absolute Gasteiger partial charge is 0.497 e. The Hall–Kier alpha value is -2.07. The molecule has 1 aliphatic rings. The van der Waals surface area contributed by atoms with Gasteiger partial charge in [-0.25, -0.2) is 4.21 Å². The van der Waals surface area contributed by atoms with Crippen LogP contribution in [0.3, 0.4) is 0 Å². The molecular weight excluding hydrogens is 332 g/mol. The van der Waals surface area contributed by atoms with Crippen molar-refractivity contribution in [2.75, 3.05) is 7.11 Å². The summed E-state index contributed by atoms with van der Waals surface area (Å²) < 4.78 is 24.4. The lowest BCUT2D eigenvalue weighted by Crippen LogP contribution is -2.29. The fourth-order valence-electron chi connectivity index (χ4n) is 3.15. The van der Waals surface area contributed by atoms with Crippen LogP contribution < -0.4 is 4.74 Å². The summed E-state index contributed by atoms with van der Waals surface area (Å²) in [6, 6.07) is 15.8. The van der Waals surface area contributed by atoms with Gasteiger partial charge in [0.15, 0.2) is 0 Å². The lowest BCUT2D eigenvalue weighted by molar-refractivity contribution is -0.00466. The second-order valence-electron chi connectivity index (χ2n) is 6.62. The number of rotatable bonds is 4. The van der Waals surface area contributed by atoms with Crippen molar-refractivity contribution in [2.45, 2.75) is 44.1 Å². The van der Waals surface area contributed by atoms with E-state index >= 15 is 0 Å². The van der Waals surface area contributed by atoms with Gasteiger partial charge < -0.3 is 9.47 Å². The van der Waals surface area contributed by atoms with Crippen LogP contribution in [0, 0.1) is 6.92 Å². The van der Waals surface area contributed by atoms with Crippen molar-refractivity contribution in [3.05, 3.63) is 70.3 Å². The Morgan fingerprint density at radius 3 is 2.24 bits per heavy atom. The number of hydrogen-bond donors (Lipinski definition) is 0. The topological polar surface area (TPSA) is 35.5 Å². The van der Waals surface area contributed by atoms with Gasteiger partial charge in [0.1, 0.15) is 17.1 Å². The summed E-state index contributed by atoms with van der Waals surface area (Å²) in [6.45, 7) is 6.04. The van der Waals surface area contributed by atoms with Crippen LogP contribution in [0.1, 0.15) is 37.8 Å². The molecule has 1 heterocycles. The number of aryl methyl sites for hydroxylation is 1. The van der Waals surface area contributed by atoms with E-state index in [0.717, 1.165) is 39.7 Å². The molecule has 1 aliphatic heterocycles. The number of ether oxygens (including phenoxy) is 2. The fraction of sp³-hybridized carbons (Fsp3) is 0.333. The summed E-state index contributed by atoms with van der Waals surface area (Å²) >= 11 is 0. The van der Waals surface area contributed by atoms with Gasteiger partial charge in [0.05, 0.1) is 22.8 Å². The van der Waals surface area contributed by atoms with Crippen molar-refractivity contribution >= 4 is 10.8 Å². The van der Waals surface area contributed by atoms with E-state index < -0.39 is 16.4 Å². The molecule has 3 nitrogen and oxygen atoms in total. The van der Waals surface area contributed by atoms with Crippen LogP contribution in [0.5, 0.6) is 5.75 Å². The Morgan fingerprint density at radius 2 is 1.68 bits per heavy atom. The lowest BCUT2D eigenvalue weighted by Gasteiger charge is -2.36. The lowest BCUT2D eigenvalue weighted by atomic mass is 9.89. The molecule has 1 unspecified atom stereocenters. The molecule has 2 aromatic carbocycles. The smallest absolute Gasteiger partial charge is 0.131 e. The van der Waals surface area contributed by atoms with Gasteiger partial charge in [-0.2, -0.15) is 0 Å². The van der Waals surface area contributed by atoms with E-state index in [1.807, 2.05) is 62.4 Å². The first kappa shape index (κ1) is 17.7. The molecule has 0 aromatic heterocycles. The maximum absolute atomic E-state index is 12.9. The van der Waals surface area contributed by atoms with Gasteiger partial charge in [-0.15, -0.1) is 0 Å². The van der Waals surface area contributed by atoms with E-state index in [9.17, 15) is 4.21 Å². The van der Waals surface area contributed by atoms with Crippen molar-refractivity contribution in [2.24, 2.45) is 0 Å². The minimum absolute atomic E-state index is 0.405. The van der Waals surface area contributed by atoms with Gasteiger partial charge in [0.25, 0.3) is 0 Å². The summed E-state index contributed by atoms with van der Waals surface area (Å²) in [5.74, 6) is 1.60. The molecule has 4 heteroatoms. The van der Waals surface area contributed by atoms with E-state index in [4.69, 9.17) is 9.47 Å². The Kier molecular flexibility index (Phi) is 5.00. The molecular formula is C21H24O3S. The molecule has 0 N–H and O–H groups in total. The van der Waals surface area contributed by atoms with E-state index in [-0.39, 0.29) is 0 Å². The van der Waals surface area contributed by atoms with E-state index in [1.54, 1.807) is 7.11 Å². The van der Waals surface area contributed by atoms with Crippen LogP contribution in [-0.4, -0.2) is 11.3 Å². The molecule has 25 heavy (non-hydrogen) atoms. The molecule has 0 radical (unpaired) electrons. The van der Waals surface area contributed by atoms with Crippen molar-refractivity contribution in [3.63, 3.8) is 0 Å². The van der Waals surface area contributed by atoms with Crippen LogP contribution in [0.2, 0.25) is 0 Å². The van der Waals surface area contributed by atoms with Crippen molar-refractivity contribution in [1.82, 2.24) is 0 Å². The van der Waals surface area contributed by atoms with E-state index in [1.165, 1.54) is 5.56 Å². The predicted molar refractivity (Wildman–Crippen MR) is 101 cm³/mol. The van der Waals surface area contributed by atoms with Crippen LogP contribution in [0.4, 0.5) is 0 Å². The van der Waals surface area contributed by atoms with Gasteiger partial charge in [-0.1, -0.05) is 29.8 Å². The van der Waals surface area contributed by atoms with Crippen molar-refractivity contribution in [3.8, 4) is 5.75 Å². The Morgan fingerprint density at radius 1 is 1.04 bits per heavy atom. The number of hydrogen-bond acceptors (Lipinski definition) is 3. The number of benzene rings is 2. The van der Waals surface area contributed by atoms with E-state index in [0.29, 0.717) is 0 Å². The molecule has 2 atom stereocenters. The third-order valence-electron chi connectivity index (χ3n) is 4.76. The van der Waals surface area contributed by atoms with Gasteiger partial charge in [0, 0.05) is 4.90 Å². The van der Waals surface area contributed by atoms with Crippen LogP contribution in [0.15, 0.2) is 64.1 Å². The van der Waals surface area contributed by atoms with Crippen molar-refractivity contribution in [1.29, 1.82) is 0 Å². The summed E-state index contributed by atoms with van der Waals surface area (Å²) in [5, 5.41) is 0.